The van der Waals surface area contributed by atoms with E-state index in [0.29, 0.717) is 12.3 Å². The third kappa shape index (κ3) is 5.95. The summed E-state index contributed by atoms with van der Waals surface area (Å²) in [6, 6.07) is 21.2. The summed E-state index contributed by atoms with van der Waals surface area (Å²) in [5.74, 6) is 0.504. The molecule has 0 bridgehead atoms. The number of carbonyl (C=O) groups is 1. The highest BCUT2D eigenvalue weighted by molar-refractivity contribution is 5.99. The molecule has 1 amide bonds. The first-order valence-corrected chi connectivity index (χ1v) is 8.95. The van der Waals surface area contributed by atoms with Crippen molar-refractivity contribution in [2.45, 2.75) is 13.5 Å². The molecule has 0 radical (unpaired) electrons. The Morgan fingerprint density at radius 3 is 2.61 bits per heavy atom. The number of nitrogens with one attached hydrogen (secondary N) is 2. The van der Waals surface area contributed by atoms with E-state index in [4.69, 9.17) is 4.74 Å². The van der Waals surface area contributed by atoms with Gasteiger partial charge in [-0.3, -0.25) is 9.78 Å². The van der Waals surface area contributed by atoms with Gasteiger partial charge in [-0.25, -0.2) is 5.43 Å². The average molecular weight is 374 g/mol. The molecular formula is C22H22N4O2. The average Bonchev–Trinajstić information content (AvgIpc) is 2.76. The third-order valence-corrected chi connectivity index (χ3v) is 3.98. The molecule has 0 aliphatic rings. The van der Waals surface area contributed by atoms with Gasteiger partial charge in [-0.2, -0.15) is 5.10 Å². The maximum Gasteiger partial charge on any atom is 0.259 e. The van der Waals surface area contributed by atoms with Crippen LogP contribution in [0.5, 0.6) is 5.75 Å². The largest absolute Gasteiger partial charge is 0.489 e. The number of anilines is 1. The Kier molecular flexibility index (Phi) is 6.73. The standard InChI is InChI=1S/C22H22N4O2/c1-17(19-10-12-23-13-11-19)25-26-22(27)15-24-20-8-5-9-21(14-20)28-16-18-6-3-2-4-7-18/h2-14,24H,15-16H2,1H3,(H,26,27)/b25-17+. The van der Waals surface area contributed by atoms with Crippen LogP contribution in [0, 0.1) is 0 Å². The first-order chi connectivity index (χ1) is 13.7. The van der Waals surface area contributed by atoms with Crippen LogP contribution < -0.4 is 15.5 Å². The first-order valence-electron chi connectivity index (χ1n) is 8.95. The van der Waals surface area contributed by atoms with Crippen LogP contribution >= 0.6 is 0 Å². The predicted molar refractivity (Wildman–Crippen MR) is 110 cm³/mol. The molecule has 6 heteroatoms. The van der Waals surface area contributed by atoms with Crippen molar-refractivity contribution in [2.75, 3.05) is 11.9 Å². The number of carbonyl (C=O) groups excluding carboxylic acids is 1. The number of ether oxygens (including phenoxy) is 1. The summed E-state index contributed by atoms with van der Waals surface area (Å²) in [4.78, 5) is 16.0. The van der Waals surface area contributed by atoms with Crippen molar-refractivity contribution in [1.82, 2.24) is 10.4 Å². The van der Waals surface area contributed by atoms with Crippen LogP contribution in [-0.2, 0) is 11.4 Å². The lowest BCUT2D eigenvalue weighted by Crippen LogP contribution is -2.26. The van der Waals surface area contributed by atoms with Crippen LogP contribution in [0.1, 0.15) is 18.1 Å². The van der Waals surface area contributed by atoms with Gasteiger partial charge in [0.2, 0.25) is 0 Å². The summed E-state index contributed by atoms with van der Waals surface area (Å²) >= 11 is 0. The Morgan fingerprint density at radius 2 is 1.82 bits per heavy atom. The summed E-state index contributed by atoms with van der Waals surface area (Å²) in [5.41, 5.74) is 6.07. The maximum absolute atomic E-state index is 12.0. The van der Waals surface area contributed by atoms with Gasteiger partial charge in [0.15, 0.2) is 0 Å². The molecular weight excluding hydrogens is 352 g/mol. The molecule has 0 spiro atoms. The second-order valence-electron chi connectivity index (χ2n) is 6.12. The zero-order valence-corrected chi connectivity index (χ0v) is 15.6. The highest BCUT2D eigenvalue weighted by Gasteiger charge is 2.03. The van der Waals surface area contributed by atoms with Gasteiger partial charge < -0.3 is 10.1 Å². The van der Waals surface area contributed by atoms with Crippen LogP contribution in [0.3, 0.4) is 0 Å². The lowest BCUT2D eigenvalue weighted by molar-refractivity contribution is -0.119. The Morgan fingerprint density at radius 1 is 1.04 bits per heavy atom. The molecule has 0 aliphatic carbocycles. The molecule has 3 rings (SSSR count). The zero-order chi connectivity index (χ0) is 19.6. The van der Waals surface area contributed by atoms with E-state index in [1.165, 1.54) is 0 Å². The lowest BCUT2D eigenvalue weighted by Gasteiger charge is -2.10. The van der Waals surface area contributed by atoms with Crippen molar-refractivity contribution in [3.8, 4) is 5.75 Å². The van der Waals surface area contributed by atoms with Crippen LogP contribution in [0.2, 0.25) is 0 Å². The molecule has 0 saturated heterocycles. The van der Waals surface area contributed by atoms with Crippen molar-refractivity contribution in [3.05, 3.63) is 90.3 Å². The van der Waals surface area contributed by atoms with Crippen molar-refractivity contribution in [1.29, 1.82) is 0 Å². The van der Waals surface area contributed by atoms with Gasteiger partial charge in [0.25, 0.3) is 5.91 Å². The summed E-state index contributed by atoms with van der Waals surface area (Å²) < 4.78 is 5.80. The highest BCUT2D eigenvalue weighted by Crippen LogP contribution is 2.18. The highest BCUT2D eigenvalue weighted by atomic mass is 16.5. The summed E-state index contributed by atoms with van der Waals surface area (Å²) in [6.07, 6.45) is 3.37. The van der Waals surface area contributed by atoms with Gasteiger partial charge in [0, 0.05) is 29.7 Å². The molecule has 0 saturated carbocycles. The number of rotatable bonds is 8. The number of amides is 1. The summed E-state index contributed by atoms with van der Waals surface area (Å²) in [5, 5.41) is 7.19. The molecule has 1 heterocycles. The Balaban J connectivity index is 1.48. The van der Waals surface area contributed by atoms with Crippen LogP contribution in [-0.4, -0.2) is 23.1 Å². The minimum absolute atomic E-state index is 0.106. The molecule has 1 aromatic heterocycles. The monoisotopic (exact) mass is 374 g/mol. The van der Waals surface area contributed by atoms with Crippen molar-refractivity contribution in [2.24, 2.45) is 5.10 Å². The second-order valence-corrected chi connectivity index (χ2v) is 6.12. The van der Waals surface area contributed by atoms with E-state index >= 15 is 0 Å². The second kappa shape index (κ2) is 9.87. The molecule has 0 aliphatic heterocycles. The minimum atomic E-state index is -0.232. The van der Waals surface area contributed by atoms with Gasteiger partial charge in [0.05, 0.1) is 12.3 Å². The van der Waals surface area contributed by atoms with Gasteiger partial charge in [-0.05, 0) is 36.8 Å². The third-order valence-electron chi connectivity index (χ3n) is 3.98. The number of hydrogen-bond donors (Lipinski definition) is 2. The number of aromatic nitrogens is 1. The molecule has 2 N–H and O–H groups in total. The summed E-state index contributed by atoms with van der Waals surface area (Å²) in [6.45, 7) is 2.43. The molecule has 28 heavy (non-hydrogen) atoms. The van der Waals surface area contributed by atoms with E-state index in [0.717, 1.165) is 22.6 Å². The topological polar surface area (TPSA) is 75.6 Å². The van der Waals surface area contributed by atoms with Gasteiger partial charge >= 0.3 is 0 Å². The number of hydrazone groups is 1. The van der Waals surface area contributed by atoms with Crippen molar-refractivity contribution < 1.29 is 9.53 Å². The van der Waals surface area contributed by atoms with E-state index in [1.54, 1.807) is 12.4 Å². The first kappa shape index (κ1) is 19.1. The van der Waals surface area contributed by atoms with Crippen LogP contribution in [0.15, 0.2) is 84.2 Å². The minimum Gasteiger partial charge on any atom is -0.489 e. The molecule has 0 unspecified atom stereocenters. The zero-order valence-electron chi connectivity index (χ0n) is 15.6. The van der Waals surface area contributed by atoms with Crippen molar-refractivity contribution >= 4 is 17.3 Å². The molecule has 6 nitrogen and oxygen atoms in total. The Hall–Kier alpha value is -3.67. The van der Waals surface area contributed by atoms with Gasteiger partial charge in [-0.15, -0.1) is 0 Å². The summed E-state index contributed by atoms with van der Waals surface area (Å²) in [7, 11) is 0. The van der Waals surface area contributed by atoms with Crippen LogP contribution in [0.25, 0.3) is 0 Å². The molecule has 0 fully saturated rings. The van der Waals surface area contributed by atoms with E-state index in [9.17, 15) is 4.79 Å². The Bertz CT molecular complexity index is 928. The maximum atomic E-state index is 12.0. The van der Waals surface area contributed by atoms with E-state index in [2.05, 4.69) is 20.8 Å². The Labute approximate surface area is 164 Å². The number of nitrogens with zero attached hydrogens (tertiary/aromatic N) is 2. The number of pyridine rings is 1. The fraction of sp³-hybridized carbons (Fsp3) is 0.136. The van der Waals surface area contributed by atoms with E-state index < -0.39 is 0 Å². The quantitative estimate of drug-likeness (QED) is 0.466. The van der Waals surface area contributed by atoms with E-state index in [1.807, 2.05) is 73.7 Å². The normalized spacial score (nSPS) is 11.0. The van der Waals surface area contributed by atoms with Gasteiger partial charge in [0.1, 0.15) is 12.4 Å². The molecule has 2 aromatic carbocycles. The molecule has 3 aromatic rings. The predicted octanol–water partition coefficient (Wildman–Crippen LogP) is 3.61. The van der Waals surface area contributed by atoms with Gasteiger partial charge in [-0.1, -0.05) is 36.4 Å². The SMILES string of the molecule is C/C(=N\NC(=O)CNc1cccc(OCc2ccccc2)c1)c1ccncc1. The smallest absolute Gasteiger partial charge is 0.259 e. The number of benzene rings is 2. The van der Waals surface area contributed by atoms with Crippen LogP contribution in [0.4, 0.5) is 5.69 Å². The fourth-order valence-corrected chi connectivity index (χ4v) is 2.46. The molecule has 142 valence electrons. The van der Waals surface area contributed by atoms with Crippen molar-refractivity contribution in [3.63, 3.8) is 0 Å². The van der Waals surface area contributed by atoms with E-state index in [-0.39, 0.29) is 12.5 Å². The number of hydrogen-bond acceptors (Lipinski definition) is 5. The fourth-order valence-electron chi connectivity index (χ4n) is 2.46. The lowest BCUT2D eigenvalue weighted by atomic mass is 10.2. The molecule has 0 atom stereocenters.